The second kappa shape index (κ2) is 8.67. The Morgan fingerprint density at radius 3 is 2.74 bits per heavy atom. The fourth-order valence-electron chi connectivity index (χ4n) is 3.63. The van der Waals surface area contributed by atoms with Gasteiger partial charge >= 0.3 is 0 Å². The topological polar surface area (TPSA) is 75.4 Å². The Hall–Kier alpha value is -2.18. The summed E-state index contributed by atoms with van der Waals surface area (Å²) in [5, 5.41) is 3.56. The number of carbonyl (C=O) groups is 2. The molecule has 0 saturated carbocycles. The summed E-state index contributed by atoms with van der Waals surface area (Å²) in [7, 11) is 0. The van der Waals surface area contributed by atoms with Crippen LogP contribution >= 0.6 is 11.3 Å². The van der Waals surface area contributed by atoms with E-state index in [0.29, 0.717) is 10.6 Å². The summed E-state index contributed by atoms with van der Waals surface area (Å²) in [5.74, 6) is -0.553. The van der Waals surface area contributed by atoms with E-state index in [1.165, 1.54) is 27.3 Å². The number of amides is 2. The summed E-state index contributed by atoms with van der Waals surface area (Å²) in [4.78, 5) is 27.9. The minimum Gasteiger partial charge on any atom is -0.365 e. The van der Waals surface area contributed by atoms with E-state index in [1.807, 2.05) is 13.0 Å². The van der Waals surface area contributed by atoms with Crippen LogP contribution in [0.5, 0.6) is 0 Å². The number of hydrogen-bond acceptors (Lipinski definition) is 4. The van der Waals surface area contributed by atoms with Gasteiger partial charge in [-0.3, -0.25) is 14.5 Å². The molecule has 0 unspecified atom stereocenters. The molecule has 0 spiro atoms. The number of nitrogens with zero attached hydrogens (tertiary/aromatic N) is 1. The molecular formula is C21H27N3O2S. The monoisotopic (exact) mass is 385 g/mol. The van der Waals surface area contributed by atoms with Crippen LogP contribution in [0.3, 0.4) is 0 Å². The van der Waals surface area contributed by atoms with Gasteiger partial charge in [0.15, 0.2) is 0 Å². The molecule has 0 saturated heterocycles. The molecule has 1 aromatic heterocycles. The maximum Gasteiger partial charge on any atom is 0.251 e. The Balaban J connectivity index is 1.69. The summed E-state index contributed by atoms with van der Waals surface area (Å²) in [6, 6.07) is 8.31. The first-order chi connectivity index (χ1) is 13.0. The van der Waals surface area contributed by atoms with Crippen molar-refractivity contribution in [1.82, 2.24) is 4.90 Å². The fraction of sp³-hybridized carbons (Fsp3) is 0.429. The van der Waals surface area contributed by atoms with Crippen molar-refractivity contribution >= 4 is 28.2 Å². The lowest BCUT2D eigenvalue weighted by Gasteiger charge is -2.20. The van der Waals surface area contributed by atoms with Crippen molar-refractivity contribution in [3.05, 3.63) is 51.4 Å². The highest BCUT2D eigenvalue weighted by Gasteiger charge is 2.25. The highest BCUT2D eigenvalue weighted by Crippen LogP contribution is 2.37. The number of likely N-dealkylation sites (N-methyl/N-ethyl adjacent to an activating group) is 1. The van der Waals surface area contributed by atoms with E-state index in [0.717, 1.165) is 44.3 Å². The second-order valence-electron chi connectivity index (χ2n) is 7.12. The molecule has 0 atom stereocenters. The summed E-state index contributed by atoms with van der Waals surface area (Å²) < 4.78 is 0. The van der Waals surface area contributed by atoms with Crippen LogP contribution in [0.1, 0.15) is 51.7 Å². The lowest BCUT2D eigenvalue weighted by atomic mass is 9.95. The van der Waals surface area contributed by atoms with Gasteiger partial charge in [-0.1, -0.05) is 36.8 Å². The zero-order chi connectivity index (χ0) is 19.4. The van der Waals surface area contributed by atoms with Crippen molar-refractivity contribution in [2.45, 2.75) is 46.1 Å². The van der Waals surface area contributed by atoms with E-state index in [9.17, 15) is 9.59 Å². The summed E-state index contributed by atoms with van der Waals surface area (Å²) >= 11 is 1.51. The van der Waals surface area contributed by atoms with Gasteiger partial charge in [-0.2, -0.15) is 0 Å². The highest BCUT2D eigenvalue weighted by atomic mass is 32.1. The minimum absolute atomic E-state index is 0.106. The molecule has 1 aliphatic rings. The molecule has 0 fully saturated rings. The number of nitrogens with one attached hydrogen (secondary N) is 1. The first-order valence-corrected chi connectivity index (χ1v) is 10.3. The van der Waals surface area contributed by atoms with Gasteiger partial charge in [-0.15, -0.1) is 11.3 Å². The maximum atomic E-state index is 12.6. The van der Waals surface area contributed by atoms with Gasteiger partial charge in [0.05, 0.1) is 12.1 Å². The van der Waals surface area contributed by atoms with Gasteiger partial charge in [-0.25, -0.2) is 0 Å². The number of nitrogens with two attached hydrogens (primary N) is 1. The van der Waals surface area contributed by atoms with Gasteiger partial charge in [0.2, 0.25) is 5.91 Å². The van der Waals surface area contributed by atoms with Crippen molar-refractivity contribution < 1.29 is 9.59 Å². The number of fused-ring (bicyclic) bond motifs is 1. The van der Waals surface area contributed by atoms with E-state index in [1.54, 1.807) is 0 Å². The summed E-state index contributed by atoms with van der Waals surface area (Å²) in [6.45, 7) is 5.88. The van der Waals surface area contributed by atoms with E-state index >= 15 is 0 Å². The van der Waals surface area contributed by atoms with Crippen molar-refractivity contribution in [3.63, 3.8) is 0 Å². The third kappa shape index (κ3) is 4.76. The molecule has 6 heteroatoms. The number of rotatable bonds is 7. The van der Waals surface area contributed by atoms with Crippen LogP contribution in [0.15, 0.2) is 24.3 Å². The number of benzene rings is 1. The standard InChI is InChI=1S/C21H27N3O2S/c1-3-24(12-15-8-6-7-14(2)11-15)13-18(25)23-21-19(20(22)26)16-9-4-5-10-17(16)27-21/h6-8,11H,3-5,9-10,12-13H2,1-2H3,(H2,22,26)(H,23,25). The van der Waals surface area contributed by atoms with Gasteiger partial charge in [-0.05, 0) is 50.3 Å². The predicted octanol–water partition coefficient (Wildman–Crippen LogP) is 3.49. The molecule has 1 aliphatic carbocycles. The largest absolute Gasteiger partial charge is 0.365 e. The number of anilines is 1. The molecular weight excluding hydrogens is 358 g/mol. The third-order valence-corrected chi connectivity index (χ3v) is 6.18. The average molecular weight is 386 g/mol. The lowest BCUT2D eigenvalue weighted by Crippen LogP contribution is -2.33. The predicted molar refractivity (Wildman–Crippen MR) is 110 cm³/mol. The van der Waals surface area contributed by atoms with E-state index in [4.69, 9.17) is 5.73 Å². The quantitative estimate of drug-likeness (QED) is 0.766. The van der Waals surface area contributed by atoms with Crippen LogP contribution in [-0.2, 0) is 24.2 Å². The second-order valence-corrected chi connectivity index (χ2v) is 8.22. The Morgan fingerprint density at radius 1 is 1.26 bits per heavy atom. The maximum absolute atomic E-state index is 12.6. The van der Waals surface area contributed by atoms with E-state index < -0.39 is 5.91 Å². The Kier molecular flexibility index (Phi) is 6.29. The van der Waals surface area contributed by atoms with E-state index in [-0.39, 0.29) is 12.5 Å². The molecule has 0 bridgehead atoms. The molecule has 2 aromatic rings. The number of aryl methyl sites for hydroxylation is 2. The van der Waals surface area contributed by atoms with Crippen LogP contribution in [0.4, 0.5) is 5.00 Å². The fourth-order valence-corrected chi connectivity index (χ4v) is 4.94. The van der Waals surface area contributed by atoms with Gasteiger partial charge in [0.25, 0.3) is 5.91 Å². The van der Waals surface area contributed by atoms with Crippen LogP contribution < -0.4 is 11.1 Å². The molecule has 0 aliphatic heterocycles. The number of thiophene rings is 1. The molecule has 27 heavy (non-hydrogen) atoms. The summed E-state index contributed by atoms with van der Waals surface area (Å²) in [5.41, 5.74) is 9.57. The molecule has 1 aromatic carbocycles. The molecule has 3 rings (SSSR count). The molecule has 1 heterocycles. The lowest BCUT2D eigenvalue weighted by molar-refractivity contribution is -0.117. The average Bonchev–Trinajstić information content (AvgIpc) is 2.98. The van der Waals surface area contributed by atoms with Gasteiger partial charge < -0.3 is 11.1 Å². The van der Waals surface area contributed by atoms with Crippen molar-refractivity contribution in [2.75, 3.05) is 18.4 Å². The smallest absolute Gasteiger partial charge is 0.251 e. The van der Waals surface area contributed by atoms with Crippen LogP contribution in [0.2, 0.25) is 0 Å². The van der Waals surface area contributed by atoms with Crippen molar-refractivity contribution in [2.24, 2.45) is 5.73 Å². The molecule has 2 amide bonds. The van der Waals surface area contributed by atoms with Crippen molar-refractivity contribution in [3.8, 4) is 0 Å². The molecule has 0 radical (unpaired) electrons. The molecule has 3 N–H and O–H groups in total. The zero-order valence-electron chi connectivity index (χ0n) is 16.0. The highest BCUT2D eigenvalue weighted by molar-refractivity contribution is 7.17. The number of carbonyl (C=O) groups excluding carboxylic acids is 2. The molecule has 144 valence electrons. The zero-order valence-corrected chi connectivity index (χ0v) is 16.8. The van der Waals surface area contributed by atoms with Crippen LogP contribution in [-0.4, -0.2) is 29.8 Å². The first-order valence-electron chi connectivity index (χ1n) is 9.50. The Morgan fingerprint density at radius 2 is 2.04 bits per heavy atom. The Bertz CT molecular complexity index is 844. The number of hydrogen-bond donors (Lipinski definition) is 2. The SMILES string of the molecule is CCN(CC(=O)Nc1sc2c(c1C(N)=O)CCCC2)Cc1cccc(C)c1. The van der Waals surface area contributed by atoms with Gasteiger partial charge in [0, 0.05) is 11.4 Å². The van der Waals surface area contributed by atoms with Crippen LogP contribution in [0.25, 0.3) is 0 Å². The Labute approximate surface area is 164 Å². The summed E-state index contributed by atoms with van der Waals surface area (Å²) in [6.07, 6.45) is 4.02. The normalized spacial score (nSPS) is 13.4. The number of primary amides is 1. The first kappa shape index (κ1) is 19.6. The third-order valence-electron chi connectivity index (χ3n) is 4.97. The van der Waals surface area contributed by atoms with Crippen LogP contribution in [0, 0.1) is 6.92 Å². The molecule has 5 nitrogen and oxygen atoms in total. The minimum atomic E-state index is -0.447. The van der Waals surface area contributed by atoms with Gasteiger partial charge in [0.1, 0.15) is 5.00 Å². The van der Waals surface area contributed by atoms with E-state index in [2.05, 4.69) is 35.3 Å². The van der Waals surface area contributed by atoms with Crippen molar-refractivity contribution in [1.29, 1.82) is 0 Å².